The maximum absolute atomic E-state index is 12.2. The van der Waals surface area contributed by atoms with Crippen LogP contribution in [-0.4, -0.2) is 38.0 Å². The molecule has 3 aromatic carbocycles. The number of anilines is 1. The van der Waals surface area contributed by atoms with Crippen molar-refractivity contribution in [2.45, 2.75) is 0 Å². The lowest BCUT2D eigenvalue weighted by molar-refractivity contribution is -0.146. The second-order valence-corrected chi connectivity index (χ2v) is 6.54. The third-order valence-electron chi connectivity index (χ3n) is 4.38. The highest BCUT2D eigenvalue weighted by atomic mass is 16.5. The highest BCUT2D eigenvalue weighted by Crippen LogP contribution is 2.21. The monoisotopic (exact) mass is 418 g/mol. The summed E-state index contributed by atoms with van der Waals surface area (Å²) >= 11 is 0. The SMILES string of the molecule is COc1ccccc1C(=O)NCC(=O)OCC(=O)Nc1ccc(-c2ccccc2)cc1. The van der Waals surface area contributed by atoms with Gasteiger partial charge in [0.2, 0.25) is 0 Å². The average Bonchev–Trinajstić information content (AvgIpc) is 2.82. The summed E-state index contributed by atoms with van der Waals surface area (Å²) in [5, 5.41) is 5.11. The molecule has 0 aliphatic rings. The smallest absolute Gasteiger partial charge is 0.325 e. The van der Waals surface area contributed by atoms with E-state index in [1.54, 1.807) is 36.4 Å². The number of nitrogens with one attached hydrogen (secondary N) is 2. The van der Waals surface area contributed by atoms with E-state index in [0.717, 1.165) is 11.1 Å². The molecule has 158 valence electrons. The van der Waals surface area contributed by atoms with Crippen molar-refractivity contribution in [2.24, 2.45) is 0 Å². The predicted octanol–water partition coefficient (Wildman–Crippen LogP) is 3.27. The third kappa shape index (κ3) is 6.17. The molecular weight excluding hydrogens is 396 g/mol. The van der Waals surface area contributed by atoms with Crippen LogP contribution in [0.25, 0.3) is 11.1 Å². The van der Waals surface area contributed by atoms with Crippen molar-refractivity contribution in [3.63, 3.8) is 0 Å². The fraction of sp³-hybridized carbons (Fsp3) is 0.125. The number of benzene rings is 3. The largest absolute Gasteiger partial charge is 0.496 e. The van der Waals surface area contributed by atoms with Gasteiger partial charge in [0.05, 0.1) is 12.7 Å². The zero-order valence-electron chi connectivity index (χ0n) is 17.0. The van der Waals surface area contributed by atoms with E-state index in [9.17, 15) is 14.4 Å². The van der Waals surface area contributed by atoms with E-state index >= 15 is 0 Å². The van der Waals surface area contributed by atoms with Crippen LogP contribution in [0.3, 0.4) is 0 Å². The maximum atomic E-state index is 12.2. The molecule has 0 heterocycles. The molecule has 0 unspecified atom stereocenters. The Morgan fingerprint density at radius 1 is 0.806 bits per heavy atom. The van der Waals surface area contributed by atoms with Crippen LogP contribution in [0.5, 0.6) is 5.75 Å². The molecule has 0 saturated heterocycles. The molecule has 0 atom stereocenters. The van der Waals surface area contributed by atoms with Gasteiger partial charge < -0.3 is 20.1 Å². The van der Waals surface area contributed by atoms with Gasteiger partial charge in [-0.3, -0.25) is 14.4 Å². The second-order valence-electron chi connectivity index (χ2n) is 6.54. The van der Waals surface area contributed by atoms with E-state index < -0.39 is 24.4 Å². The maximum Gasteiger partial charge on any atom is 0.325 e. The summed E-state index contributed by atoms with van der Waals surface area (Å²) in [6.07, 6.45) is 0. The lowest BCUT2D eigenvalue weighted by Gasteiger charge is -2.10. The molecule has 0 bridgehead atoms. The van der Waals surface area contributed by atoms with Crippen LogP contribution >= 0.6 is 0 Å². The molecule has 31 heavy (non-hydrogen) atoms. The molecule has 0 aliphatic heterocycles. The van der Waals surface area contributed by atoms with Crippen molar-refractivity contribution < 1.29 is 23.9 Å². The van der Waals surface area contributed by atoms with Gasteiger partial charge in [-0.2, -0.15) is 0 Å². The van der Waals surface area contributed by atoms with Crippen molar-refractivity contribution in [3.8, 4) is 16.9 Å². The first-order valence-electron chi connectivity index (χ1n) is 9.59. The summed E-state index contributed by atoms with van der Waals surface area (Å²) in [5.41, 5.74) is 2.99. The van der Waals surface area contributed by atoms with Gasteiger partial charge in [-0.1, -0.05) is 54.6 Å². The number of esters is 1. The number of rotatable bonds is 8. The molecule has 0 fully saturated rings. The molecule has 0 spiro atoms. The van der Waals surface area contributed by atoms with Crippen LogP contribution in [0.4, 0.5) is 5.69 Å². The highest BCUT2D eigenvalue weighted by Gasteiger charge is 2.14. The van der Waals surface area contributed by atoms with E-state index in [4.69, 9.17) is 9.47 Å². The molecule has 0 aromatic heterocycles. The topological polar surface area (TPSA) is 93.7 Å². The Kier molecular flexibility index (Phi) is 7.37. The number of para-hydroxylation sites is 1. The van der Waals surface area contributed by atoms with Gasteiger partial charge >= 0.3 is 5.97 Å². The number of carbonyl (C=O) groups is 3. The van der Waals surface area contributed by atoms with Crippen molar-refractivity contribution in [1.82, 2.24) is 5.32 Å². The first kappa shape index (κ1) is 21.6. The van der Waals surface area contributed by atoms with Gasteiger partial charge in [0, 0.05) is 5.69 Å². The Hall–Kier alpha value is -4.13. The van der Waals surface area contributed by atoms with Crippen LogP contribution in [0.1, 0.15) is 10.4 Å². The zero-order valence-corrected chi connectivity index (χ0v) is 17.0. The normalized spacial score (nSPS) is 10.1. The molecule has 0 radical (unpaired) electrons. The molecule has 7 nitrogen and oxygen atoms in total. The second kappa shape index (κ2) is 10.6. The minimum atomic E-state index is -0.724. The van der Waals surface area contributed by atoms with Crippen molar-refractivity contribution in [3.05, 3.63) is 84.4 Å². The number of hydrogen-bond donors (Lipinski definition) is 2. The Labute approximate surface area is 180 Å². The number of carbonyl (C=O) groups excluding carboxylic acids is 3. The van der Waals surface area contributed by atoms with E-state index in [-0.39, 0.29) is 6.54 Å². The van der Waals surface area contributed by atoms with Crippen molar-refractivity contribution >= 4 is 23.5 Å². The Morgan fingerprint density at radius 2 is 1.45 bits per heavy atom. The summed E-state index contributed by atoms with van der Waals surface area (Å²) in [5.74, 6) is -1.28. The fourth-order valence-corrected chi connectivity index (χ4v) is 2.85. The quantitative estimate of drug-likeness (QED) is 0.548. The van der Waals surface area contributed by atoms with Gasteiger partial charge in [-0.05, 0) is 35.4 Å². The number of ether oxygens (including phenoxy) is 2. The van der Waals surface area contributed by atoms with E-state index in [1.165, 1.54) is 7.11 Å². The summed E-state index contributed by atoms with van der Waals surface area (Å²) in [6.45, 7) is -0.820. The average molecular weight is 418 g/mol. The standard InChI is InChI=1S/C24H22N2O5/c1-30-21-10-6-5-9-20(21)24(29)25-15-23(28)31-16-22(27)26-19-13-11-18(12-14-19)17-7-3-2-4-8-17/h2-14H,15-16H2,1H3,(H,25,29)(H,26,27). The zero-order chi connectivity index (χ0) is 22.1. The molecule has 3 rings (SSSR count). The van der Waals surface area contributed by atoms with Crippen LogP contribution in [-0.2, 0) is 14.3 Å². The molecule has 2 N–H and O–H groups in total. The highest BCUT2D eigenvalue weighted by molar-refractivity contribution is 5.98. The lowest BCUT2D eigenvalue weighted by atomic mass is 10.1. The minimum absolute atomic E-state index is 0.300. The first-order valence-corrected chi connectivity index (χ1v) is 9.59. The summed E-state index contributed by atoms with van der Waals surface area (Å²) in [6, 6.07) is 23.8. The predicted molar refractivity (Wildman–Crippen MR) is 117 cm³/mol. The molecule has 3 aromatic rings. The van der Waals surface area contributed by atoms with E-state index in [2.05, 4.69) is 10.6 Å². The lowest BCUT2D eigenvalue weighted by Crippen LogP contribution is -2.32. The van der Waals surface area contributed by atoms with E-state index in [1.807, 2.05) is 42.5 Å². The van der Waals surface area contributed by atoms with Gasteiger partial charge in [0.1, 0.15) is 12.3 Å². The van der Waals surface area contributed by atoms with Crippen molar-refractivity contribution in [2.75, 3.05) is 25.6 Å². The summed E-state index contributed by atoms with van der Waals surface area (Å²) < 4.78 is 10.0. The molecule has 2 amide bonds. The third-order valence-corrected chi connectivity index (χ3v) is 4.38. The summed E-state index contributed by atoms with van der Waals surface area (Å²) in [4.78, 5) is 36.0. The molecule has 0 aliphatic carbocycles. The number of methoxy groups -OCH3 is 1. The molecular formula is C24H22N2O5. The summed E-state index contributed by atoms with van der Waals surface area (Å²) in [7, 11) is 1.45. The van der Waals surface area contributed by atoms with Gasteiger partial charge in [-0.15, -0.1) is 0 Å². The Bertz CT molecular complexity index is 1050. The fourth-order valence-electron chi connectivity index (χ4n) is 2.85. The van der Waals surface area contributed by atoms with Crippen LogP contribution in [0.2, 0.25) is 0 Å². The van der Waals surface area contributed by atoms with Crippen LogP contribution in [0, 0.1) is 0 Å². The number of amides is 2. The first-order chi connectivity index (χ1) is 15.1. The Morgan fingerprint density at radius 3 is 2.16 bits per heavy atom. The number of hydrogen-bond acceptors (Lipinski definition) is 5. The Balaban J connectivity index is 1.43. The van der Waals surface area contributed by atoms with E-state index in [0.29, 0.717) is 17.0 Å². The van der Waals surface area contributed by atoms with Crippen molar-refractivity contribution in [1.29, 1.82) is 0 Å². The molecule has 0 saturated carbocycles. The minimum Gasteiger partial charge on any atom is -0.496 e. The van der Waals surface area contributed by atoms with Crippen LogP contribution in [0.15, 0.2) is 78.9 Å². The van der Waals surface area contributed by atoms with Gasteiger partial charge in [-0.25, -0.2) is 0 Å². The van der Waals surface area contributed by atoms with Crippen LogP contribution < -0.4 is 15.4 Å². The van der Waals surface area contributed by atoms with Gasteiger partial charge in [0.25, 0.3) is 11.8 Å². The molecule has 7 heteroatoms. The van der Waals surface area contributed by atoms with Gasteiger partial charge in [0.15, 0.2) is 6.61 Å².